The molecule has 0 aliphatic carbocycles. The maximum Gasteiger partial charge on any atom is 0.267 e. The number of nitrogens with one attached hydrogen (secondary N) is 1. The predicted molar refractivity (Wildman–Crippen MR) is 248 cm³/mol. The average molecular weight is 816 g/mol. The summed E-state index contributed by atoms with van der Waals surface area (Å²) in [5.74, 6) is -1.03. The Bertz CT molecular complexity index is 1170. The van der Waals surface area contributed by atoms with E-state index in [1.54, 1.807) is 6.08 Å². The molecule has 0 heterocycles. The molecule has 57 heavy (non-hydrogen) atoms. The molecule has 0 saturated heterocycles. The monoisotopic (exact) mass is 816 g/mol. The number of rotatable bonds is 42. The zero-order chi connectivity index (χ0) is 41.8. The first-order valence-corrected chi connectivity index (χ1v) is 25.2. The molecule has 0 bridgehead atoms. The summed E-state index contributed by atoms with van der Waals surface area (Å²) in [7, 11) is -4.37. The average Bonchev–Trinajstić information content (AvgIpc) is 3.18. The normalized spacial score (nSPS) is 13.8. The van der Waals surface area contributed by atoms with Crippen LogP contribution in [0.25, 0.3) is 0 Å². The highest BCUT2D eigenvalue weighted by Gasteiger charge is 2.24. The first-order chi connectivity index (χ1) is 27.8. The number of hydrogen-bond acceptors (Lipinski definition) is 4. The van der Waals surface area contributed by atoms with Crippen molar-refractivity contribution >= 4 is 16.0 Å². The van der Waals surface area contributed by atoms with Gasteiger partial charge in [-0.1, -0.05) is 202 Å². The van der Waals surface area contributed by atoms with E-state index in [4.69, 9.17) is 0 Å². The SMILES string of the molecule is CCCCCCC/C=C\C/C=C\C/C=C\CCCCCCCCC(=O)NC(CS(=O)(=O)O)C(O)/C=C/CC/C=C/CC/C=C/CCCCCCCCCCCCC. The van der Waals surface area contributed by atoms with Crippen LogP contribution in [0.15, 0.2) is 72.9 Å². The molecule has 0 aliphatic heterocycles. The van der Waals surface area contributed by atoms with E-state index in [9.17, 15) is 22.9 Å². The molecule has 0 aromatic heterocycles. The Hall–Kier alpha value is -2.22. The minimum atomic E-state index is -4.37. The lowest BCUT2D eigenvalue weighted by molar-refractivity contribution is -0.122. The zero-order valence-corrected chi connectivity index (χ0v) is 37.8. The van der Waals surface area contributed by atoms with Crippen molar-refractivity contribution in [1.29, 1.82) is 0 Å². The third-order valence-corrected chi connectivity index (χ3v) is 11.1. The highest BCUT2D eigenvalue weighted by atomic mass is 32.2. The van der Waals surface area contributed by atoms with E-state index in [1.165, 1.54) is 122 Å². The van der Waals surface area contributed by atoms with Gasteiger partial charge in [-0.3, -0.25) is 9.35 Å². The predicted octanol–water partition coefficient (Wildman–Crippen LogP) is 14.6. The molecule has 0 saturated carbocycles. The van der Waals surface area contributed by atoms with Gasteiger partial charge in [0.2, 0.25) is 5.91 Å². The van der Waals surface area contributed by atoms with E-state index in [0.29, 0.717) is 12.8 Å². The van der Waals surface area contributed by atoms with Crippen molar-refractivity contribution in [2.45, 2.75) is 231 Å². The Labute approximate surface area is 353 Å². The fraction of sp³-hybridized carbons (Fsp3) is 0.740. The van der Waals surface area contributed by atoms with E-state index in [2.05, 4.69) is 79.9 Å². The molecule has 1 amide bonds. The van der Waals surface area contributed by atoms with Gasteiger partial charge in [-0.2, -0.15) is 8.42 Å². The van der Waals surface area contributed by atoms with Gasteiger partial charge in [0.15, 0.2) is 0 Å². The summed E-state index contributed by atoms with van der Waals surface area (Å²) >= 11 is 0. The summed E-state index contributed by atoms with van der Waals surface area (Å²) in [5.41, 5.74) is 0. The lowest BCUT2D eigenvalue weighted by Gasteiger charge is -2.21. The van der Waals surface area contributed by atoms with Crippen molar-refractivity contribution in [1.82, 2.24) is 5.32 Å². The summed E-state index contributed by atoms with van der Waals surface area (Å²) < 4.78 is 32.6. The van der Waals surface area contributed by atoms with Gasteiger partial charge in [0.25, 0.3) is 10.1 Å². The van der Waals surface area contributed by atoms with Gasteiger partial charge < -0.3 is 10.4 Å². The van der Waals surface area contributed by atoms with Gasteiger partial charge in [0, 0.05) is 6.42 Å². The van der Waals surface area contributed by atoms with Crippen LogP contribution in [0.1, 0.15) is 219 Å². The molecule has 2 unspecified atom stereocenters. The number of amides is 1. The topological polar surface area (TPSA) is 104 Å². The quantitative estimate of drug-likeness (QED) is 0.0323. The third kappa shape index (κ3) is 44.7. The first kappa shape index (κ1) is 54.8. The summed E-state index contributed by atoms with van der Waals surface area (Å²) in [6.45, 7) is 4.53. The largest absolute Gasteiger partial charge is 0.387 e. The van der Waals surface area contributed by atoms with Crippen molar-refractivity contribution in [3.63, 3.8) is 0 Å². The Balaban J connectivity index is 3.97. The first-order valence-electron chi connectivity index (χ1n) is 23.6. The van der Waals surface area contributed by atoms with E-state index >= 15 is 0 Å². The summed E-state index contributed by atoms with van der Waals surface area (Å²) in [4.78, 5) is 12.6. The van der Waals surface area contributed by atoms with Gasteiger partial charge in [-0.05, 0) is 83.5 Å². The molecule has 7 heteroatoms. The summed E-state index contributed by atoms with van der Waals surface area (Å²) in [5, 5.41) is 13.2. The highest BCUT2D eigenvalue weighted by Crippen LogP contribution is 2.13. The van der Waals surface area contributed by atoms with E-state index in [-0.39, 0.29) is 12.3 Å². The molecular formula is C50H89NO5S. The second-order valence-corrected chi connectivity index (χ2v) is 17.5. The number of aliphatic hydroxyl groups excluding tert-OH is 1. The molecule has 0 aromatic rings. The second kappa shape index (κ2) is 43.4. The molecule has 6 nitrogen and oxygen atoms in total. The van der Waals surface area contributed by atoms with Crippen molar-refractivity contribution < 1.29 is 22.9 Å². The number of hydrogen-bond donors (Lipinski definition) is 3. The molecule has 2 atom stereocenters. The molecule has 330 valence electrons. The fourth-order valence-corrected chi connectivity index (χ4v) is 7.52. The van der Waals surface area contributed by atoms with Gasteiger partial charge >= 0.3 is 0 Å². The van der Waals surface area contributed by atoms with E-state index in [0.717, 1.165) is 70.6 Å². The van der Waals surface area contributed by atoms with Crippen LogP contribution in [0.3, 0.4) is 0 Å². The molecule has 0 aromatic carbocycles. The lowest BCUT2D eigenvalue weighted by Crippen LogP contribution is -2.46. The molecular weight excluding hydrogens is 727 g/mol. The standard InChI is InChI=1S/C50H89NO5S/c1-3-5-7-9-11-13-15-17-19-21-23-25-27-29-31-33-35-37-39-41-43-45-49(52)48(47-57(54,55)56)51-50(53)46-44-42-40-38-36-34-32-30-28-26-24-22-20-18-16-14-12-10-8-6-4-2/h16,18,22,24,27-30,35,37,43,45,48-49,52H,3-15,17,19-21,23,25-26,31-34,36,38-42,44,46-47H2,1-2H3,(H,51,53)(H,54,55,56)/b18-16-,24-22-,29-27+,30-28-,37-35+,45-43+. The molecule has 3 N–H and O–H groups in total. The van der Waals surface area contributed by atoms with Gasteiger partial charge in [-0.15, -0.1) is 0 Å². The van der Waals surface area contributed by atoms with E-state index in [1.807, 2.05) is 0 Å². The molecule has 0 rings (SSSR count). The second-order valence-electron chi connectivity index (χ2n) is 16.0. The smallest absolute Gasteiger partial charge is 0.267 e. The van der Waals surface area contributed by atoms with Crippen molar-refractivity contribution in [2.24, 2.45) is 0 Å². The highest BCUT2D eigenvalue weighted by molar-refractivity contribution is 7.85. The number of aliphatic hydroxyl groups is 1. The van der Waals surface area contributed by atoms with Crippen LogP contribution in [-0.4, -0.2) is 41.9 Å². The zero-order valence-electron chi connectivity index (χ0n) is 36.9. The fourth-order valence-electron chi connectivity index (χ4n) is 6.78. The minimum absolute atomic E-state index is 0.267. The molecule has 0 aliphatic rings. The Morgan fingerprint density at radius 3 is 1.23 bits per heavy atom. The van der Waals surface area contributed by atoms with Crippen LogP contribution in [-0.2, 0) is 14.9 Å². The van der Waals surface area contributed by atoms with Crippen LogP contribution in [0.5, 0.6) is 0 Å². The minimum Gasteiger partial charge on any atom is -0.387 e. The Morgan fingerprint density at radius 1 is 0.474 bits per heavy atom. The maximum atomic E-state index is 12.6. The van der Waals surface area contributed by atoms with Crippen LogP contribution in [0.2, 0.25) is 0 Å². The molecule has 0 spiro atoms. The van der Waals surface area contributed by atoms with Gasteiger partial charge in [0.05, 0.1) is 17.9 Å². The van der Waals surface area contributed by atoms with E-state index < -0.39 is 28.0 Å². The van der Waals surface area contributed by atoms with Crippen LogP contribution < -0.4 is 5.32 Å². The van der Waals surface area contributed by atoms with Crippen molar-refractivity contribution in [3.05, 3.63) is 72.9 Å². The van der Waals surface area contributed by atoms with Crippen molar-refractivity contribution in [2.75, 3.05) is 5.75 Å². The number of unbranched alkanes of at least 4 members (excludes halogenated alkanes) is 24. The number of allylic oxidation sites excluding steroid dienone is 11. The van der Waals surface area contributed by atoms with Crippen LogP contribution in [0.4, 0.5) is 0 Å². The summed E-state index contributed by atoms with van der Waals surface area (Å²) in [6.07, 6.45) is 61.8. The Kier molecular flexibility index (Phi) is 41.7. The lowest BCUT2D eigenvalue weighted by atomic mass is 10.1. The maximum absolute atomic E-state index is 12.6. The van der Waals surface area contributed by atoms with Gasteiger partial charge in [-0.25, -0.2) is 0 Å². The van der Waals surface area contributed by atoms with Gasteiger partial charge in [0.1, 0.15) is 0 Å². The van der Waals surface area contributed by atoms with Crippen LogP contribution in [0, 0.1) is 0 Å². The number of carbonyl (C=O) groups is 1. The van der Waals surface area contributed by atoms with Crippen molar-refractivity contribution in [3.8, 4) is 0 Å². The molecule has 0 radical (unpaired) electrons. The number of carbonyl (C=O) groups excluding carboxylic acids is 1. The molecule has 0 fully saturated rings. The van der Waals surface area contributed by atoms with Crippen LogP contribution >= 0.6 is 0 Å². The third-order valence-electron chi connectivity index (χ3n) is 10.3. The summed E-state index contributed by atoms with van der Waals surface area (Å²) in [6, 6.07) is -1.09. The Morgan fingerprint density at radius 2 is 0.807 bits per heavy atom.